The summed E-state index contributed by atoms with van der Waals surface area (Å²) in [6.07, 6.45) is 0. The molecule has 0 fully saturated rings. The maximum Gasteiger partial charge on any atom is 0.175 e. The topological polar surface area (TPSA) is 46.2 Å². The number of benzene rings is 3. The maximum atomic E-state index is 5.59. The maximum absolute atomic E-state index is 5.59. The Balaban J connectivity index is 1.45. The normalized spacial score (nSPS) is 10.8. The second-order valence-corrected chi connectivity index (χ2v) is 8.48. The van der Waals surface area contributed by atoms with Gasteiger partial charge in [-0.05, 0) is 98.7 Å². The number of thiocarbonyl (C=S) groups is 1. The van der Waals surface area contributed by atoms with Crippen LogP contribution in [0.1, 0.15) is 18.1 Å². The third-order valence-corrected chi connectivity index (χ3v) is 6.10. The lowest BCUT2D eigenvalue weighted by atomic mass is 10.1. The lowest BCUT2D eigenvalue weighted by Crippen LogP contribution is -2.19. The van der Waals surface area contributed by atoms with Crippen LogP contribution >= 0.6 is 23.6 Å². The highest BCUT2D eigenvalue weighted by Gasteiger charge is 2.08. The van der Waals surface area contributed by atoms with Crippen molar-refractivity contribution in [2.75, 3.05) is 17.2 Å². The molecule has 1 heterocycles. The van der Waals surface area contributed by atoms with Gasteiger partial charge >= 0.3 is 0 Å². The number of thiazole rings is 1. The van der Waals surface area contributed by atoms with E-state index in [-0.39, 0.29) is 0 Å². The van der Waals surface area contributed by atoms with Gasteiger partial charge in [0.2, 0.25) is 0 Å². The van der Waals surface area contributed by atoms with Gasteiger partial charge in [-0.1, -0.05) is 6.07 Å². The summed E-state index contributed by atoms with van der Waals surface area (Å²) in [5.74, 6) is 0.879. The summed E-state index contributed by atoms with van der Waals surface area (Å²) >= 11 is 7.12. The summed E-state index contributed by atoms with van der Waals surface area (Å²) in [5.41, 5.74) is 6.47. The minimum Gasteiger partial charge on any atom is -0.494 e. The summed E-state index contributed by atoms with van der Waals surface area (Å²) in [4.78, 5) is 4.75. The molecule has 0 aliphatic heterocycles. The van der Waals surface area contributed by atoms with Crippen molar-refractivity contribution < 1.29 is 4.74 Å². The van der Waals surface area contributed by atoms with Crippen LogP contribution in [0.3, 0.4) is 0 Å². The van der Waals surface area contributed by atoms with Crippen molar-refractivity contribution in [3.05, 3.63) is 71.8 Å². The number of aromatic nitrogens is 1. The highest BCUT2D eigenvalue weighted by molar-refractivity contribution is 7.80. The summed E-state index contributed by atoms with van der Waals surface area (Å²) < 4.78 is 6.71. The number of nitrogens with zero attached hydrogens (tertiary/aromatic N) is 1. The van der Waals surface area contributed by atoms with E-state index in [4.69, 9.17) is 21.9 Å². The molecule has 1 aromatic heterocycles. The van der Waals surface area contributed by atoms with Crippen LogP contribution in [0.4, 0.5) is 11.4 Å². The summed E-state index contributed by atoms with van der Waals surface area (Å²) in [6.45, 7) is 6.84. The number of nitrogens with one attached hydrogen (secondary N) is 2. The van der Waals surface area contributed by atoms with Crippen molar-refractivity contribution in [1.82, 2.24) is 4.98 Å². The Kier molecular flexibility index (Phi) is 5.97. The number of rotatable bonds is 5. The summed E-state index contributed by atoms with van der Waals surface area (Å²) in [7, 11) is 0. The predicted molar refractivity (Wildman–Crippen MR) is 132 cm³/mol. The molecule has 3 aromatic carbocycles. The Morgan fingerprint density at radius 1 is 0.933 bits per heavy atom. The standard InChI is InChI=1S/C24H23N3OS2/c1-4-28-20-11-12-21-22(14-20)30-23(27-21)17-6-9-18(10-7-17)25-24(29)26-19-8-5-15(2)16(3)13-19/h5-14H,4H2,1-3H3,(H2,25,26,29). The molecule has 2 N–H and O–H groups in total. The minimum absolute atomic E-state index is 0.564. The van der Waals surface area contributed by atoms with Gasteiger partial charge in [0.15, 0.2) is 5.11 Å². The Labute approximate surface area is 185 Å². The van der Waals surface area contributed by atoms with Gasteiger partial charge in [0.1, 0.15) is 10.8 Å². The van der Waals surface area contributed by atoms with Crippen molar-refractivity contribution in [2.45, 2.75) is 20.8 Å². The van der Waals surface area contributed by atoms with E-state index >= 15 is 0 Å². The second-order valence-electron chi connectivity index (χ2n) is 7.04. The Morgan fingerprint density at radius 2 is 1.67 bits per heavy atom. The van der Waals surface area contributed by atoms with Gasteiger partial charge in [-0.15, -0.1) is 11.3 Å². The van der Waals surface area contributed by atoms with E-state index in [0.717, 1.165) is 37.9 Å². The molecule has 30 heavy (non-hydrogen) atoms. The zero-order valence-electron chi connectivity index (χ0n) is 17.2. The molecule has 0 saturated heterocycles. The molecular formula is C24H23N3OS2. The van der Waals surface area contributed by atoms with Gasteiger partial charge in [-0.2, -0.15) is 0 Å². The van der Waals surface area contributed by atoms with Gasteiger partial charge < -0.3 is 15.4 Å². The van der Waals surface area contributed by atoms with Gasteiger partial charge in [-0.3, -0.25) is 0 Å². The first-order chi connectivity index (χ1) is 14.5. The van der Waals surface area contributed by atoms with Gasteiger partial charge in [0.25, 0.3) is 0 Å². The lowest BCUT2D eigenvalue weighted by molar-refractivity contribution is 0.341. The fourth-order valence-electron chi connectivity index (χ4n) is 3.09. The first-order valence-electron chi connectivity index (χ1n) is 9.81. The van der Waals surface area contributed by atoms with Crippen LogP contribution in [0.5, 0.6) is 5.75 Å². The number of hydrogen-bond acceptors (Lipinski definition) is 4. The zero-order valence-corrected chi connectivity index (χ0v) is 18.8. The molecule has 4 aromatic rings. The van der Waals surface area contributed by atoms with Crippen molar-refractivity contribution in [3.8, 4) is 16.3 Å². The molecule has 0 unspecified atom stereocenters. The van der Waals surface area contributed by atoms with Gasteiger partial charge in [0.05, 0.1) is 16.8 Å². The first kappa shape index (κ1) is 20.3. The first-order valence-corrected chi connectivity index (χ1v) is 11.0. The third-order valence-electron chi connectivity index (χ3n) is 4.83. The minimum atomic E-state index is 0.564. The van der Waals surface area contributed by atoms with Crippen molar-refractivity contribution in [1.29, 1.82) is 0 Å². The molecule has 0 bridgehead atoms. The van der Waals surface area contributed by atoms with Crippen LogP contribution in [-0.2, 0) is 0 Å². The van der Waals surface area contributed by atoms with Crippen molar-refractivity contribution in [3.63, 3.8) is 0 Å². The van der Waals surface area contributed by atoms with E-state index in [1.54, 1.807) is 11.3 Å². The van der Waals surface area contributed by atoms with Crippen LogP contribution in [0.15, 0.2) is 60.7 Å². The number of ether oxygens (including phenoxy) is 1. The number of hydrogen-bond donors (Lipinski definition) is 2. The van der Waals surface area contributed by atoms with E-state index in [1.165, 1.54) is 11.1 Å². The second kappa shape index (κ2) is 8.81. The molecular weight excluding hydrogens is 410 g/mol. The summed E-state index contributed by atoms with van der Waals surface area (Å²) in [5, 5.41) is 8.03. The Bertz CT molecular complexity index is 1200. The fraction of sp³-hybridized carbons (Fsp3) is 0.167. The molecule has 0 aliphatic rings. The smallest absolute Gasteiger partial charge is 0.175 e. The van der Waals surface area contributed by atoms with Crippen LogP contribution in [0, 0.1) is 13.8 Å². The fourth-order valence-corrected chi connectivity index (χ4v) is 4.33. The Morgan fingerprint density at radius 3 is 2.40 bits per heavy atom. The average molecular weight is 434 g/mol. The monoisotopic (exact) mass is 433 g/mol. The van der Waals surface area contributed by atoms with E-state index in [0.29, 0.717) is 11.7 Å². The summed E-state index contributed by atoms with van der Waals surface area (Å²) in [6, 6.07) is 20.4. The number of aryl methyl sites for hydroxylation is 2. The molecule has 0 atom stereocenters. The predicted octanol–water partition coefficient (Wildman–Crippen LogP) is 6.79. The van der Waals surface area contributed by atoms with E-state index in [1.807, 2.05) is 43.3 Å². The third kappa shape index (κ3) is 4.61. The van der Waals surface area contributed by atoms with Crippen molar-refractivity contribution in [2.24, 2.45) is 0 Å². The number of fused-ring (bicyclic) bond motifs is 1. The molecule has 0 saturated carbocycles. The zero-order chi connectivity index (χ0) is 21.1. The molecule has 0 radical (unpaired) electrons. The van der Waals surface area contributed by atoms with Crippen LogP contribution in [0.2, 0.25) is 0 Å². The molecule has 4 rings (SSSR count). The quantitative estimate of drug-likeness (QED) is 0.339. The van der Waals surface area contributed by atoms with Gasteiger partial charge in [0, 0.05) is 16.9 Å². The van der Waals surface area contributed by atoms with Gasteiger partial charge in [-0.25, -0.2) is 4.98 Å². The SMILES string of the molecule is CCOc1ccc2nc(-c3ccc(NC(=S)Nc4ccc(C)c(C)c4)cc3)sc2c1. The molecule has 6 heteroatoms. The van der Waals surface area contributed by atoms with E-state index in [9.17, 15) is 0 Å². The molecule has 0 aliphatic carbocycles. The van der Waals surface area contributed by atoms with E-state index < -0.39 is 0 Å². The molecule has 4 nitrogen and oxygen atoms in total. The van der Waals surface area contributed by atoms with Crippen molar-refractivity contribution >= 4 is 50.3 Å². The highest BCUT2D eigenvalue weighted by Crippen LogP contribution is 2.32. The lowest BCUT2D eigenvalue weighted by Gasteiger charge is -2.12. The van der Waals surface area contributed by atoms with Crippen LogP contribution in [-0.4, -0.2) is 16.7 Å². The molecule has 152 valence electrons. The van der Waals surface area contributed by atoms with Crippen LogP contribution in [0.25, 0.3) is 20.8 Å². The largest absolute Gasteiger partial charge is 0.494 e. The number of anilines is 2. The highest BCUT2D eigenvalue weighted by atomic mass is 32.1. The average Bonchev–Trinajstić information content (AvgIpc) is 3.15. The van der Waals surface area contributed by atoms with Crippen LogP contribution < -0.4 is 15.4 Å². The molecule has 0 spiro atoms. The molecule has 0 amide bonds. The van der Waals surface area contributed by atoms with E-state index in [2.05, 4.69) is 48.7 Å². The Hall–Kier alpha value is -2.96.